The van der Waals surface area contributed by atoms with Gasteiger partial charge in [-0.25, -0.2) is 13.2 Å². The van der Waals surface area contributed by atoms with Crippen molar-refractivity contribution in [3.05, 3.63) is 41.5 Å². The Hall–Kier alpha value is -1.62. The Morgan fingerprint density at radius 2 is 1.94 bits per heavy atom. The molecule has 1 aromatic rings. The predicted octanol–water partition coefficient (Wildman–Crippen LogP) is 1.89. The molecule has 0 spiro atoms. The molecule has 4 nitrogen and oxygen atoms in total. The molecule has 1 aromatic carbocycles. The quantitative estimate of drug-likeness (QED) is 0.618. The molecule has 0 bridgehead atoms. The maximum absolute atomic E-state index is 12.1. The highest BCUT2D eigenvalue weighted by molar-refractivity contribution is 7.91. The third kappa shape index (κ3) is 3.43. The molecule has 0 saturated carbocycles. The minimum Gasteiger partial charge on any atom is -0.466 e. The fraction of sp³-hybridized carbons (Fsp3) is 0.308. The Morgan fingerprint density at radius 3 is 2.50 bits per heavy atom. The Morgan fingerprint density at radius 1 is 1.33 bits per heavy atom. The van der Waals surface area contributed by atoms with Crippen molar-refractivity contribution >= 4 is 15.8 Å². The highest BCUT2D eigenvalue weighted by atomic mass is 32.2. The molecule has 0 unspecified atom stereocenters. The van der Waals surface area contributed by atoms with Gasteiger partial charge in [-0.1, -0.05) is 24.3 Å². The second-order valence-corrected chi connectivity index (χ2v) is 5.93. The van der Waals surface area contributed by atoms with Crippen molar-refractivity contribution in [3.8, 4) is 0 Å². The third-order valence-electron chi connectivity index (χ3n) is 2.54. The van der Waals surface area contributed by atoms with Crippen LogP contribution in [0, 0.1) is 6.92 Å². The molecular weight excluding hydrogens is 252 g/mol. The highest BCUT2D eigenvalue weighted by Gasteiger charge is 2.15. The van der Waals surface area contributed by atoms with Crippen molar-refractivity contribution in [3.63, 3.8) is 0 Å². The van der Waals surface area contributed by atoms with Gasteiger partial charge in [0.25, 0.3) is 0 Å². The molecule has 1 rings (SSSR count). The molecule has 0 aliphatic carbocycles. The lowest BCUT2D eigenvalue weighted by Gasteiger charge is -2.05. The Bertz CT molecular complexity index is 570. The molecular formula is C13H16O4S. The van der Waals surface area contributed by atoms with E-state index in [2.05, 4.69) is 4.74 Å². The van der Waals surface area contributed by atoms with Gasteiger partial charge in [-0.3, -0.25) is 0 Å². The highest BCUT2D eigenvalue weighted by Crippen LogP contribution is 2.16. The summed E-state index contributed by atoms with van der Waals surface area (Å²) in [7, 11) is -2.15. The van der Waals surface area contributed by atoms with E-state index in [-0.39, 0.29) is 11.3 Å². The van der Waals surface area contributed by atoms with E-state index in [4.69, 9.17) is 0 Å². The monoisotopic (exact) mass is 268 g/mol. The van der Waals surface area contributed by atoms with Gasteiger partial charge < -0.3 is 4.74 Å². The van der Waals surface area contributed by atoms with Crippen LogP contribution in [0.2, 0.25) is 0 Å². The number of hydrogen-bond donors (Lipinski definition) is 0. The van der Waals surface area contributed by atoms with Gasteiger partial charge in [0.05, 0.1) is 17.8 Å². The van der Waals surface area contributed by atoms with E-state index in [1.54, 1.807) is 31.2 Å². The minimum absolute atomic E-state index is 0.210. The van der Waals surface area contributed by atoms with Crippen LogP contribution in [0.1, 0.15) is 12.5 Å². The number of methoxy groups -OCH3 is 1. The van der Waals surface area contributed by atoms with Gasteiger partial charge in [0.2, 0.25) is 0 Å². The van der Waals surface area contributed by atoms with Crippen LogP contribution in [0.3, 0.4) is 0 Å². The third-order valence-corrected chi connectivity index (χ3v) is 4.28. The van der Waals surface area contributed by atoms with Gasteiger partial charge in [-0.15, -0.1) is 0 Å². The largest absolute Gasteiger partial charge is 0.466 e. The molecule has 98 valence electrons. The van der Waals surface area contributed by atoms with Crippen molar-refractivity contribution in [1.29, 1.82) is 0 Å². The molecule has 0 fully saturated rings. The smallest absolute Gasteiger partial charge is 0.333 e. The molecule has 18 heavy (non-hydrogen) atoms. The minimum atomic E-state index is -3.41. The van der Waals surface area contributed by atoms with E-state index in [1.807, 2.05) is 0 Å². The molecule has 0 aliphatic heterocycles. The second kappa shape index (κ2) is 5.82. The van der Waals surface area contributed by atoms with Crippen molar-refractivity contribution in [2.75, 3.05) is 12.9 Å². The first kappa shape index (κ1) is 14.4. The van der Waals surface area contributed by atoms with E-state index in [1.165, 1.54) is 20.1 Å². The van der Waals surface area contributed by atoms with E-state index >= 15 is 0 Å². The van der Waals surface area contributed by atoms with Gasteiger partial charge in [0.15, 0.2) is 9.84 Å². The van der Waals surface area contributed by atoms with Crippen molar-refractivity contribution < 1.29 is 17.9 Å². The first-order valence-corrected chi connectivity index (χ1v) is 7.07. The van der Waals surface area contributed by atoms with E-state index in [0.717, 1.165) is 0 Å². The lowest BCUT2D eigenvalue weighted by Crippen LogP contribution is -2.09. The maximum atomic E-state index is 12.1. The summed E-state index contributed by atoms with van der Waals surface area (Å²) in [6.45, 7) is 3.27. The average molecular weight is 268 g/mol. The number of aryl methyl sites for hydroxylation is 1. The Balaban J connectivity index is 2.98. The summed E-state index contributed by atoms with van der Waals surface area (Å²) in [5, 5.41) is 0. The maximum Gasteiger partial charge on any atom is 0.333 e. The second-order valence-electron chi connectivity index (χ2n) is 3.93. The number of benzene rings is 1. The molecule has 0 aromatic heterocycles. The average Bonchev–Trinajstić information content (AvgIpc) is 2.35. The van der Waals surface area contributed by atoms with Crippen molar-refractivity contribution in [2.45, 2.75) is 18.7 Å². The summed E-state index contributed by atoms with van der Waals surface area (Å²) in [5.41, 5.74) is 0.983. The van der Waals surface area contributed by atoms with E-state index < -0.39 is 15.8 Å². The van der Waals surface area contributed by atoms with Crippen molar-refractivity contribution in [1.82, 2.24) is 0 Å². The van der Waals surface area contributed by atoms with Crippen LogP contribution in [0.15, 0.2) is 40.8 Å². The zero-order valence-electron chi connectivity index (χ0n) is 10.6. The van der Waals surface area contributed by atoms with Crippen LogP contribution >= 0.6 is 0 Å². The van der Waals surface area contributed by atoms with Gasteiger partial charge in [-0.05, 0) is 25.5 Å². The first-order valence-electron chi connectivity index (χ1n) is 5.42. The summed E-state index contributed by atoms with van der Waals surface area (Å²) in [4.78, 5) is 11.4. The summed E-state index contributed by atoms with van der Waals surface area (Å²) in [5.74, 6) is -0.728. The summed E-state index contributed by atoms with van der Waals surface area (Å²) >= 11 is 0. The molecule has 0 radical (unpaired) electrons. The molecule has 0 atom stereocenters. The molecule has 0 saturated heterocycles. The molecule has 5 heteroatoms. The lowest BCUT2D eigenvalue weighted by molar-refractivity contribution is -0.136. The summed E-state index contributed by atoms with van der Waals surface area (Å²) in [6, 6.07) is 6.76. The number of hydrogen-bond acceptors (Lipinski definition) is 4. The first-order chi connectivity index (χ1) is 8.38. The number of carbonyl (C=O) groups is 1. The van der Waals surface area contributed by atoms with Gasteiger partial charge in [0, 0.05) is 5.57 Å². The van der Waals surface area contributed by atoms with Gasteiger partial charge in [-0.2, -0.15) is 0 Å². The normalized spacial score (nSPS) is 12.3. The van der Waals surface area contributed by atoms with Crippen LogP contribution in [0.4, 0.5) is 0 Å². The van der Waals surface area contributed by atoms with Crippen LogP contribution in [0.5, 0.6) is 0 Å². The van der Waals surface area contributed by atoms with Gasteiger partial charge >= 0.3 is 5.97 Å². The standard InChI is InChI=1S/C13H16O4S/c1-10-6-4-5-7-12(10)18(15,16)9-8-11(2)13(14)17-3/h4-8H,9H2,1-3H3/b11-8+. The van der Waals surface area contributed by atoms with Crippen LogP contribution in [-0.4, -0.2) is 27.2 Å². The Labute approximate surface area is 107 Å². The topological polar surface area (TPSA) is 60.4 Å². The zero-order chi connectivity index (χ0) is 13.8. The molecule has 0 amide bonds. The number of carbonyl (C=O) groups excluding carboxylic acids is 1. The fourth-order valence-corrected chi connectivity index (χ4v) is 2.97. The zero-order valence-corrected chi connectivity index (χ0v) is 11.5. The van der Waals surface area contributed by atoms with Crippen LogP contribution in [-0.2, 0) is 19.4 Å². The predicted molar refractivity (Wildman–Crippen MR) is 69.0 cm³/mol. The van der Waals surface area contributed by atoms with Crippen LogP contribution in [0.25, 0.3) is 0 Å². The molecule has 0 N–H and O–H groups in total. The molecule has 0 aliphatic rings. The lowest BCUT2D eigenvalue weighted by atomic mass is 10.2. The van der Waals surface area contributed by atoms with Gasteiger partial charge in [0.1, 0.15) is 0 Å². The van der Waals surface area contributed by atoms with E-state index in [0.29, 0.717) is 10.5 Å². The van der Waals surface area contributed by atoms with Crippen LogP contribution < -0.4 is 0 Å². The fourth-order valence-electron chi connectivity index (χ4n) is 1.47. The number of sulfone groups is 1. The number of ether oxygens (including phenoxy) is 1. The summed E-state index contributed by atoms with van der Waals surface area (Å²) < 4.78 is 28.6. The Kier molecular flexibility index (Phi) is 4.67. The van der Waals surface area contributed by atoms with E-state index in [9.17, 15) is 13.2 Å². The summed E-state index contributed by atoms with van der Waals surface area (Å²) in [6.07, 6.45) is 1.37. The SMILES string of the molecule is COC(=O)/C(C)=C/CS(=O)(=O)c1ccccc1C. The van der Waals surface area contributed by atoms with Crippen molar-refractivity contribution in [2.24, 2.45) is 0 Å². The number of rotatable bonds is 4. The number of esters is 1. The molecule has 0 heterocycles.